The maximum absolute atomic E-state index is 11.9. The SMILES string of the molecule is CN1CCc2cc(C(O)CNC(=O)CCC3CCCC3)ccc21. The average Bonchev–Trinajstić information content (AvgIpc) is 3.20. The van der Waals surface area contributed by atoms with Crippen LogP contribution in [0.4, 0.5) is 5.69 Å². The Kier molecular flexibility index (Phi) is 5.21. The normalized spacial score (nSPS) is 19.0. The summed E-state index contributed by atoms with van der Waals surface area (Å²) in [5.41, 5.74) is 3.44. The zero-order valence-electron chi connectivity index (χ0n) is 14.1. The van der Waals surface area contributed by atoms with Crippen LogP contribution in [0.3, 0.4) is 0 Å². The van der Waals surface area contributed by atoms with Gasteiger partial charge in [-0.1, -0.05) is 37.8 Å². The molecule has 1 aromatic carbocycles. The van der Waals surface area contributed by atoms with Crippen molar-refractivity contribution in [3.8, 4) is 0 Å². The Balaban J connectivity index is 1.45. The van der Waals surface area contributed by atoms with Gasteiger partial charge in [-0.25, -0.2) is 0 Å². The van der Waals surface area contributed by atoms with Crippen LogP contribution < -0.4 is 10.2 Å². The summed E-state index contributed by atoms with van der Waals surface area (Å²) in [5.74, 6) is 0.802. The molecule has 23 heavy (non-hydrogen) atoms. The van der Waals surface area contributed by atoms with E-state index in [0.29, 0.717) is 13.0 Å². The zero-order chi connectivity index (χ0) is 16.2. The Morgan fingerprint density at radius 2 is 2.17 bits per heavy atom. The first-order valence-corrected chi connectivity index (χ1v) is 8.92. The number of fused-ring (bicyclic) bond motifs is 1. The predicted molar refractivity (Wildman–Crippen MR) is 92.6 cm³/mol. The molecule has 126 valence electrons. The molecule has 4 nitrogen and oxygen atoms in total. The number of carbonyl (C=O) groups is 1. The van der Waals surface area contributed by atoms with Crippen molar-refractivity contribution in [1.82, 2.24) is 5.32 Å². The van der Waals surface area contributed by atoms with E-state index < -0.39 is 6.10 Å². The molecule has 0 spiro atoms. The van der Waals surface area contributed by atoms with Gasteiger partial charge in [-0.2, -0.15) is 0 Å². The maximum atomic E-state index is 11.9. The first-order valence-electron chi connectivity index (χ1n) is 8.92. The fourth-order valence-electron chi connectivity index (χ4n) is 3.84. The summed E-state index contributed by atoms with van der Waals surface area (Å²) in [5, 5.41) is 13.2. The fourth-order valence-corrected chi connectivity index (χ4v) is 3.84. The van der Waals surface area contributed by atoms with E-state index in [2.05, 4.69) is 29.4 Å². The van der Waals surface area contributed by atoms with Crippen LogP contribution in [0.15, 0.2) is 18.2 Å². The lowest BCUT2D eigenvalue weighted by Crippen LogP contribution is -2.28. The van der Waals surface area contributed by atoms with Gasteiger partial charge < -0.3 is 15.3 Å². The van der Waals surface area contributed by atoms with Gasteiger partial charge in [0.2, 0.25) is 5.91 Å². The Morgan fingerprint density at radius 1 is 1.39 bits per heavy atom. The minimum absolute atomic E-state index is 0.0665. The summed E-state index contributed by atoms with van der Waals surface area (Å²) in [7, 11) is 2.09. The van der Waals surface area contributed by atoms with Crippen LogP contribution in [0.5, 0.6) is 0 Å². The third-order valence-corrected chi connectivity index (χ3v) is 5.36. The number of hydrogen-bond acceptors (Lipinski definition) is 3. The number of aliphatic hydroxyl groups is 1. The maximum Gasteiger partial charge on any atom is 0.220 e. The molecular weight excluding hydrogens is 288 g/mol. The summed E-state index contributed by atoms with van der Waals surface area (Å²) in [6.45, 7) is 1.34. The van der Waals surface area contributed by atoms with Crippen molar-refractivity contribution < 1.29 is 9.90 Å². The predicted octanol–water partition coefficient (Wildman–Crippen LogP) is 2.80. The van der Waals surface area contributed by atoms with Gasteiger partial charge in [-0.3, -0.25) is 4.79 Å². The molecule has 0 radical (unpaired) electrons. The highest BCUT2D eigenvalue weighted by Crippen LogP contribution is 2.30. The van der Waals surface area contributed by atoms with Crippen LogP contribution in [-0.4, -0.2) is 31.2 Å². The third-order valence-electron chi connectivity index (χ3n) is 5.36. The van der Waals surface area contributed by atoms with Crippen LogP contribution in [-0.2, 0) is 11.2 Å². The molecular formula is C19H28N2O2. The second-order valence-electron chi connectivity index (χ2n) is 7.07. The molecule has 3 rings (SSSR count). The van der Waals surface area contributed by atoms with Crippen molar-refractivity contribution in [3.05, 3.63) is 29.3 Å². The van der Waals surface area contributed by atoms with Gasteiger partial charge in [0.15, 0.2) is 0 Å². The van der Waals surface area contributed by atoms with Gasteiger partial charge in [-0.15, -0.1) is 0 Å². The quantitative estimate of drug-likeness (QED) is 0.848. The molecule has 1 heterocycles. The van der Waals surface area contributed by atoms with E-state index in [9.17, 15) is 9.90 Å². The van der Waals surface area contributed by atoms with Crippen LogP contribution in [0.1, 0.15) is 55.8 Å². The Labute approximate surface area is 138 Å². The van der Waals surface area contributed by atoms with Crippen LogP contribution in [0.2, 0.25) is 0 Å². The van der Waals surface area contributed by atoms with E-state index in [1.807, 2.05) is 6.07 Å². The van der Waals surface area contributed by atoms with E-state index in [-0.39, 0.29) is 5.91 Å². The second-order valence-corrected chi connectivity index (χ2v) is 7.07. The standard InChI is InChI=1S/C19H28N2O2/c1-21-11-10-15-12-16(7-8-17(15)21)18(22)13-20-19(23)9-6-14-4-2-3-5-14/h7-8,12,14,18,22H,2-6,9-11,13H2,1H3,(H,20,23). The van der Waals surface area contributed by atoms with Gasteiger partial charge in [0.1, 0.15) is 0 Å². The van der Waals surface area contributed by atoms with Crippen LogP contribution in [0, 0.1) is 5.92 Å². The number of amides is 1. The van der Waals surface area contributed by atoms with Crippen molar-refractivity contribution in [2.75, 3.05) is 25.0 Å². The molecule has 1 amide bonds. The smallest absolute Gasteiger partial charge is 0.220 e. The molecule has 1 aromatic rings. The van der Waals surface area contributed by atoms with E-state index in [0.717, 1.165) is 30.9 Å². The lowest BCUT2D eigenvalue weighted by atomic mass is 10.0. The zero-order valence-corrected chi connectivity index (χ0v) is 14.1. The van der Waals surface area contributed by atoms with Crippen LogP contribution in [0.25, 0.3) is 0 Å². The number of hydrogen-bond donors (Lipinski definition) is 2. The summed E-state index contributed by atoms with van der Waals surface area (Å²) < 4.78 is 0. The molecule has 0 bridgehead atoms. The van der Waals surface area contributed by atoms with Gasteiger partial charge >= 0.3 is 0 Å². The molecule has 1 atom stereocenters. The van der Waals surface area contributed by atoms with Gasteiger partial charge in [0.05, 0.1) is 6.10 Å². The number of aliphatic hydroxyl groups excluding tert-OH is 1. The van der Waals surface area contributed by atoms with Gasteiger partial charge in [0, 0.05) is 32.2 Å². The number of nitrogens with zero attached hydrogens (tertiary/aromatic N) is 1. The third kappa shape index (κ3) is 4.05. The van der Waals surface area contributed by atoms with Gasteiger partial charge in [-0.05, 0) is 36.0 Å². The molecule has 0 aromatic heterocycles. The Morgan fingerprint density at radius 3 is 2.96 bits per heavy atom. The van der Waals surface area contributed by atoms with E-state index in [1.165, 1.54) is 36.9 Å². The highest BCUT2D eigenvalue weighted by atomic mass is 16.3. The lowest BCUT2D eigenvalue weighted by molar-refractivity contribution is -0.121. The first-order chi connectivity index (χ1) is 11.1. The number of nitrogens with one attached hydrogen (secondary N) is 1. The summed E-state index contributed by atoms with van der Waals surface area (Å²) in [4.78, 5) is 14.2. The number of anilines is 1. The number of likely N-dealkylation sites (N-methyl/N-ethyl adjacent to an activating group) is 1. The minimum Gasteiger partial charge on any atom is -0.387 e. The molecule has 1 saturated carbocycles. The largest absolute Gasteiger partial charge is 0.387 e. The Hall–Kier alpha value is -1.55. The van der Waals surface area contributed by atoms with Gasteiger partial charge in [0.25, 0.3) is 0 Å². The molecule has 0 saturated heterocycles. The summed E-state index contributed by atoms with van der Waals surface area (Å²) >= 11 is 0. The average molecular weight is 316 g/mol. The molecule has 1 aliphatic heterocycles. The Bertz CT molecular complexity index is 552. The first kappa shape index (κ1) is 16.3. The van der Waals surface area contributed by atoms with Crippen molar-refractivity contribution in [1.29, 1.82) is 0 Å². The molecule has 4 heteroatoms. The number of carbonyl (C=O) groups excluding carboxylic acids is 1. The monoisotopic (exact) mass is 316 g/mol. The van der Waals surface area contributed by atoms with Crippen molar-refractivity contribution in [2.45, 2.75) is 51.0 Å². The molecule has 1 aliphatic carbocycles. The molecule has 1 fully saturated rings. The van der Waals surface area contributed by atoms with Crippen molar-refractivity contribution in [3.63, 3.8) is 0 Å². The minimum atomic E-state index is -0.623. The highest BCUT2D eigenvalue weighted by Gasteiger charge is 2.19. The summed E-state index contributed by atoms with van der Waals surface area (Å²) in [6.07, 6.45) is 7.18. The lowest BCUT2D eigenvalue weighted by Gasteiger charge is -2.16. The summed E-state index contributed by atoms with van der Waals surface area (Å²) in [6, 6.07) is 6.12. The topological polar surface area (TPSA) is 52.6 Å². The molecule has 1 unspecified atom stereocenters. The van der Waals surface area contributed by atoms with Crippen molar-refractivity contribution in [2.24, 2.45) is 5.92 Å². The fraction of sp³-hybridized carbons (Fsp3) is 0.632. The number of rotatable bonds is 6. The van der Waals surface area contributed by atoms with E-state index >= 15 is 0 Å². The van der Waals surface area contributed by atoms with Crippen molar-refractivity contribution >= 4 is 11.6 Å². The highest BCUT2D eigenvalue weighted by molar-refractivity contribution is 5.75. The number of benzene rings is 1. The van der Waals surface area contributed by atoms with Crippen LogP contribution >= 0.6 is 0 Å². The molecule has 2 aliphatic rings. The molecule has 2 N–H and O–H groups in total. The second kappa shape index (κ2) is 7.35. The van der Waals surface area contributed by atoms with E-state index in [4.69, 9.17) is 0 Å². The van der Waals surface area contributed by atoms with E-state index in [1.54, 1.807) is 0 Å².